The highest BCUT2D eigenvalue weighted by molar-refractivity contribution is 6.35. The summed E-state index contributed by atoms with van der Waals surface area (Å²) >= 11 is 18.3. The van der Waals surface area contributed by atoms with Gasteiger partial charge >= 0.3 is 0 Å². The number of para-hydroxylation sites is 1. The van der Waals surface area contributed by atoms with Gasteiger partial charge in [0, 0.05) is 15.6 Å². The third-order valence-electron chi connectivity index (χ3n) is 5.59. The molecule has 0 spiro atoms. The summed E-state index contributed by atoms with van der Waals surface area (Å²) < 4.78 is 0. The molecular formula is C23H15Cl3N2O4. The number of fused-ring (bicyclic) bond motifs is 1. The Labute approximate surface area is 198 Å². The summed E-state index contributed by atoms with van der Waals surface area (Å²) in [4.78, 5) is 33.9. The van der Waals surface area contributed by atoms with Crippen LogP contribution in [0.4, 0.5) is 11.4 Å². The zero-order chi connectivity index (χ0) is 22.6. The molecule has 3 aromatic rings. The van der Waals surface area contributed by atoms with Crippen molar-refractivity contribution < 1.29 is 19.5 Å². The van der Waals surface area contributed by atoms with E-state index in [4.69, 9.17) is 39.6 Å². The first-order chi connectivity index (χ1) is 15.4. The molecule has 0 bridgehead atoms. The number of carbonyl (C=O) groups is 2. The summed E-state index contributed by atoms with van der Waals surface area (Å²) in [5.41, 5.74) is 1.29. The quantitative estimate of drug-likeness (QED) is 0.499. The average molecular weight is 490 g/mol. The van der Waals surface area contributed by atoms with E-state index in [1.165, 1.54) is 17.2 Å². The molecule has 1 N–H and O–H groups in total. The van der Waals surface area contributed by atoms with E-state index in [1.54, 1.807) is 48.5 Å². The van der Waals surface area contributed by atoms with Gasteiger partial charge in [-0.2, -0.15) is 0 Å². The van der Waals surface area contributed by atoms with Crippen molar-refractivity contribution in [2.24, 2.45) is 5.92 Å². The maximum Gasteiger partial charge on any atom is 0.266 e. The number of hydrogen-bond acceptors (Lipinski definition) is 5. The number of carbonyl (C=O) groups excluding carboxylic acids is 2. The second kappa shape index (κ2) is 7.98. The number of rotatable bonds is 3. The molecule has 2 amide bonds. The molecule has 5 rings (SSSR count). The number of nitrogens with zero attached hydrogens (tertiary/aromatic N) is 2. The fraction of sp³-hybridized carbons (Fsp3) is 0.130. The van der Waals surface area contributed by atoms with E-state index in [9.17, 15) is 14.7 Å². The number of phenolic OH excluding ortho intramolecular Hbond substituents is 1. The lowest BCUT2D eigenvalue weighted by Gasteiger charge is -2.29. The van der Waals surface area contributed by atoms with Crippen LogP contribution in [0.2, 0.25) is 15.1 Å². The van der Waals surface area contributed by atoms with Crippen molar-refractivity contribution in [2.45, 2.75) is 12.1 Å². The molecule has 6 nitrogen and oxygen atoms in total. The second-order valence-electron chi connectivity index (χ2n) is 7.47. The van der Waals surface area contributed by atoms with Crippen molar-refractivity contribution in [1.29, 1.82) is 0 Å². The maximum absolute atomic E-state index is 13.5. The van der Waals surface area contributed by atoms with Crippen molar-refractivity contribution in [3.63, 3.8) is 0 Å². The van der Waals surface area contributed by atoms with Gasteiger partial charge in [-0.05, 0) is 48.5 Å². The predicted molar refractivity (Wildman–Crippen MR) is 122 cm³/mol. The van der Waals surface area contributed by atoms with Crippen molar-refractivity contribution in [1.82, 2.24) is 0 Å². The van der Waals surface area contributed by atoms with Crippen LogP contribution in [0.5, 0.6) is 5.75 Å². The highest BCUT2D eigenvalue weighted by Gasteiger charge is 2.60. The SMILES string of the molecule is O=C1[C@H]2[C@@H](c3cc(Cl)cc(Cl)c3O)N(c3ccccc3)O[C@H]2C(=O)N1c1ccc(Cl)cc1. The Morgan fingerprint density at radius 2 is 1.50 bits per heavy atom. The summed E-state index contributed by atoms with van der Waals surface area (Å²) in [5.74, 6) is -2.12. The number of halogens is 3. The maximum atomic E-state index is 13.5. The van der Waals surface area contributed by atoms with E-state index in [-0.39, 0.29) is 21.4 Å². The van der Waals surface area contributed by atoms with E-state index in [2.05, 4.69) is 0 Å². The van der Waals surface area contributed by atoms with Gasteiger partial charge in [0.15, 0.2) is 6.10 Å². The zero-order valence-electron chi connectivity index (χ0n) is 16.3. The van der Waals surface area contributed by atoms with Crippen molar-refractivity contribution in [2.75, 3.05) is 9.96 Å². The number of phenols is 1. The topological polar surface area (TPSA) is 70.1 Å². The molecule has 0 aliphatic carbocycles. The van der Waals surface area contributed by atoms with Gasteiger partial charge < -0.3 is 5.11 Å². The fourth-order valence-corrected chi connectivity index (χ4v) is 4.82. The molecule has 32 heavy (non-hydrogen) atoms. The third-order valence-corrected chi connectivity index (χ3v) is 6.35. The van der Waals surface area contributed by atoms with Gasteiger partial charge in [0.2, 0.25) is 5.91 Å². The lowest BCUT2D eigenvalue weighted by molar-refractivity contribution is -0.126. The zero-order valence-corrected chi connectivity index (χ0v) is 18.6. The smallest absolute Gasteiger partial charge is 0.266 e. The average Bonchev–Trinajstić information content (AvgIpc) is 3.28. The minimum Gasteiger partial charge on any atom is -0.506 e. The minimum absolute atomic E-state index is 0.0373. The first kappa shape index (κ1) is 21.1. The number of imide groups is 1. The van der Waals surface area contributed by atoms with E-state index >= 15 is 0 Å². The first-order valence-electron chi connectivity index (χ1n) is 9.69. The molecule has 9 heteroatoms. The van der Waals surface area contributed by atoms with Gasteiger partial charge in [-0.15, -0.1) is 0 Å². The number of anilines is 2. The monoisotopic (exact) mass is 488 g/mol. The number of amides is 2. The Morgan fingerprint density at radius 1 is 0.812 bits per heavy atom. The molecule has 2 fully saturated rings. The van der Waals surface area contributed by atoms with Crippen LogP contribution in [0, 0.1) is 5.92 Å². The van der Waals surface area contributed by atoms with Crippen LogP contribution in [0.3, 0.4) is 0 Å². The Bertz CT molecular complexity index is 1220. The summed E-state index contributed by atoms with van der Waals surface area (Å²) in [7, 11) is 0. The molecule has 2 heterocycles. The molecule has 162 valence electrons. The largest absolute Gasteiger partial charge is 0.506 e. The molecule has 0 aromatic heterocycles. The van der Waals surface area contributed by atoms with Crippen LogP contribution >= 0.6 is 34.8 Å². The molecule has 3 atom stereocenters. The van der Waals surface area contributed by atoms with Gasteiger partial charge in [0.1, 0.15) is 11.7 Å². The molecule has 2 aliphatic rings. The van der Waals surface area contributed by atoms with Crippen molar-refractivity contribution >= 4 is 58.0 Å². The fourth-order valence-electron chi connectivity index (χ4n) is 4.19. The highest BCUT2D eigenvalue weighted by atomic mass is 35.5. The van der Waals surface area contributed by atoms with E-state index < -0.39 is 29.9 Å². The van der Waals surface area contributed by atoms with E-state index in [0.717, 1.165) is 4.90 Å². The van der Waals surface area contributed by atoms with Crippen LogP contribution in [-0.2, 0) is 14.4 Å². The molecule has 0 radical (unpaired) electrons. The number of hydrogen-bond donors (Lipinski definition) is 1. The molecular weight excluding hydrogens is 475 g/mol. The molecule has 2 aliphatic heterocycles. The second-order valence-corrected chi connectivity index (χ2v) is 8.75. The van der Waals surface area contributed by atoms with Gasteiger partial charge in [-0.3, -0.25) is 14.4 Å². The third kappa shape index (κ3) is 3.31. The van der Waals surface area contributed by atoms with Crippen LogP contribution in [0.1, 0.15) is 11.6 Å². The summed E-state index contributed by atoms with van der Waals surface area (Å²) in [5, 5.41) is 13.0. The lowest BCUT2D eigenvalue weighted by Crippen LogP contribution is -2.37. The Hall–Kier alpha value is -2.77. The number of aromatic hydroxyl groups is 1. The standard InChI is InChI=1S/C23H15Cl3N2O4/c24-12-6-8-14(9-7-12)27-22(30)18-19(16-10-13(25)11-17(26)20(16)29)28(32-21(18)23(27)31)15-4-2-1-3-5-15/h1-11,18-19,21,29H/t18-,19+,21+/m0/s1. The predicted octanol–water partition coefficient (Wildman–Crippen LogP) is 5.40. The molecule has 0 unspecified atom stereocenters. The number of benzene rings is 3. The van der Waals surface area contributed by atoms with Crippen LogP contribution in [-0.4, -0.2) is 23.0 Å². The normalized spacial score (nSPS) is 22.5. The lowest BCUT2D eigenvalue weighted by atomic mass is 9.90. The van der Waals surface area contributed by atoms with Crippen molar-refractivity contribution in [3.8, 4) is 5.75 Å². The Kier molecular flexibility index (Phi) is 5.26. The first-order valence-corrected chi connectivity index (χ1v) is 10.8. The minimum atomic E-state index is -1.08. The highest BCUT2D eigenvalue weighted by Crippen LogP contribution is 2.50. The van der Waals surface area contributed by atoms with Crippen LogP contribution in [0.25, 0.3) is 0 Å². The molecule has 2 saturated heterocycles. The summed E-state index contributed by atoms with van der Waals surface area (Å²) in [6.45, 7) is 0. The van der Waals surface area contributed by atoms with Gasteiger partial charge in [-0.25, -0.2) is 9.96 Å². The Balaban J connectivity index is 1.64. The van der Waals surface area contributed by atoms with Gasteiger partial charge in [0.25, 0.3) is 5.91 Å². The van der Waals surface area contributed by atoms with E-state index in [0.29, 0.717) is 16.4 Å². The molecule has 3 aromatic carbocycles. The number of hydroxylamine groups is 1. The van der Waals surface area contributed by atoms with E-state index in [1.807, 2.05) is 6.07 Å². The van der Waals surface area contributed by atoms with Crippen LogP contribution in [0.15, 0.2) is 66.7 Å². The Morgan fingerprint density at radius 3 is 2.19 bits per heavy atom. The molecule has 0 saturated carbocycles. The van der Waals surface area contributed by atoms with Crippen LogP contribution < -0.4 is 9.96 Å². The summed E-state index contributed by atoms with van der Waals surface area (Å²) in [6, 6.07) is 17.5. The van der Waals surface area contributed by atoms with Crippen molar-refractivity contribution in [3.05, 3.63) is 87.4 Å². The van der Waals surface area contributed by atoms with Gasteiger partial charge in [0.05, 0.1) is 22.4 Å². The van der Waals surface area contributed by atoms with Gasteiger partial charge in [-0.1, -0.05) is 53.0 Å². The summed E-state index contributed by atoms with van der Waals surface area (Å²) in [6.07, 6.45) is -1.08.